The van der Waals surface area contributed by atoms with Gasteiger partial charge in [-0.3, -0.25) is 9.59 Å². The Morgan fingerprint density at radius 1 is 1.23 bits per heavy atom. The van der Waals surface area contributed by atoms with Crippen LogP contribution in [0.3, 0.4) is 0 Å². The van der Waals surface area contributed by atoms with E-state index in [1.807, 2.05) is 45.0 Å². The van der Waals surface area contributed by atoms with E-state index in [0.717, 1.165) is 5.56 Å². The van der Waals surface area contributed by atoms with E-state index in [4.69, 9.17) is 0 Å². The number of benzene rings is 1. The second-order valence-electron chi connectivity index (χ2n) is 5.00. The maximum absolute atomic E-state index is 12.2. The average Bonchev–Trinajstić information content (AvgIpc) is 2.98. The topological polar surface area (TPSA) is 71.1 Å². The van der Waals surface area contributed by atoms with Crippen LogP contribution in [0, 0.1) is 6.92 Å². The Hall–Kier alpha value is -2.21. The number of nitrogens with zero attached hydrogens (tertiary/aromatic N) is 1. The van der Waals surface area contributed by atoms with E-state index in [1.165, 1.54) is 16.9 Å². The molecule has 116 valence electrons. The minimum atomic E-state index is -0.278. The van der Waals surface area contributed by atoms with Crippen molar-refractivity contribution in [2.45, 2.75) is 26.8 Å². The zero-order valence-corrected chi connectivity index (χ0v) is 13.7. The fourth-order valence-corrected chi connectivity index (χ4v) is 2.64. The summed E-state index contributed by atoms with van der Waals surface area (Å²) in [6, 6.07) is 7.87. The fourth-order valence-electron chi connectivity index (χ4n) is 1.93. The van der Waals surface area contributed by atoms with Crippen LogP contribution in [0.1, 0.15) is 51.3 Å². The van der Waals surface area contributed by atoms with Crippen LogP contribution < -0.4 is 10.6 Å². The van der Waals surface area contributed by atoms with Gasteiger partial charge in [-0.1, -0.05) is 29.8 Å². The Labute approximate surface area is 133 Å². The summed E-state index contributed by atoms with van der Waals surface area (Å²) in [6.07, 6.45) is 0. The van der Waals surface area contributed by atoms with Gasteiger partial charge in [0.25, 0.3) is 11.8 Å². The number of thiazole rings is 1. The molecule has 2 N–H and O–H groups in total. The van der Waals surface area contributed by atoms with Crippen LogP contribution in [-0.4, -0.2) is 23.3 Å². The number of rotatable bonds is 5. The second-order valence-corrected chi connectivity index (χ2v) is 5.86. The number of hydrogen-bond donors (Lipinski definition) is 2. The van der Waals surface area contributed by atoms with Crippen LogP contribution in [-0.2, 0) is 0 Å². The highest BCUT2D eigenvalue weighted by Gasteiger charge is 2.17. The van der Waals surface area contributed by atoms with Crippen LogP contribution >= 0.6 is 11.3 Å². The molecular weight excluding hydrogens is 298 g/mol. The van der Waals surface area contributed by atoms with E-state index in [9.17, 15) is 9.59 Å². The first-order valence-electron chi connectivity index (χ1n) is 7.12. The summed E-state index contributed by atoms with van der Waals surface area (Å²) in [5.41, 5.74) is 2.47. The van der Waals surface area contributed by atoms with Gasteiger partial charge in [0, 0.05) is 11.9 Å². The molecule has 2 aromatic rings. The molecule has 1 aromatic carbocycles. The van der Waals surface area contributed by atoms with Crippen molar-refractivity contribution >= 4 is 23.2 Å². The van der Waals surface area contributed by atoms with E-state index in [1.54, 1.807) is 5.38 Å². The summed E-state index contributed by atoms with van der Waals surface area (Å²) in [5, 5.41) is 7.45. The SMILES string of the molecule is CCNC(=O)c1nc(C(=O)NC(C)c2ccc(C)cc2)cs1. The second kappa shape index (κ2) is 7.17. The molecule has 22 heavy (non-hydrogen) atoms. The van der Waals surface area contributed by atoms with Crippen LogP contribution in [0.5, 0.6) is 0 Å². The molecule has 0 bridgehead atoms. The normalized spacial score (nSPS) is 11.8. The van der Waals surface area contributed by atoms with Gasteiger partial charge >= 0.3 is 0 Å². The van der Waals surface area contributed by atoms with Gasteiger partial charge in [0.15, 0.2) is 5.01 Å². The maximum atomic E-state index is 12.2. The highest BCUT2D eigenvalue weighted by atomic mass is 32.1. The molecule has 1 heterocycles. The van der Waals surface area contributed by atoms with E-state index >= 15 is 0 Å². The molecule has 1 unspecified atom stereocenters. The number of aromatic nitrogens is 1. The number of hydrogen-bond acceptors (Lipinski definition) is 4. The largest absolute Gasteiger partial charge is 0.350 e. The van der Waals surface area contributed by atoms with E-state index < -0.39 is 0 Å². The molecule has 2 rings (SSSR count). The molecule has 0 fully saturated rings. The minimum absolute atomic E-state index is 0.122. The van der Waals surface area contributed by atoms with Crippen molar-refractivity contribution < 1.29 is 9.59 Å². The van der Waals surface area contributed by atoms with Crippen LogP contribution in [0.15, 0.2) is 29.6 Å². The van der Waals surface area contributed by atoms with Gasteiger partial charge in [0.2, 0.25) is 0 Å². The Kier molecular flexibility index (Phi) is 5.27. The van der Waals surface area contributed by atoms with Crippen LogP contribution in [0.2, 0.25) is 0 Å². The van der Waals surface area contributed by atoms with Gasteiger partial charge in [-0.05, 0) is 26.3 Å². The van der Waals surface area contributed by atoms with Crippen molar-refractivity contribution in [1.29, 1.82) is 0 Å². The molecular formula is C16H19N3O2S. The summed E-state index contributed by atoms with van der Waals surface area (Å²) in [6.45, 7) is 6.30. The van der Waals surface area contributed by atoms with Crippen molar-refractivity contribution in [2.24, 2.45) is 0 Å². The molecule has 1 atom stereocenters. The van der Waals surface area contributed by atoms with Crippen molar-refractivity contribution in [3.8, 4) is 0 Å². The van der Waals surface area contributed by atoms with Gasteiger partial charge in [0.05, 0.1) is 6.04 Å². The molecule has 0 aliphatic heterocycles. The van der Waals surface area contributed by atoms with E-state index in [0.29, 0.717) is 11.6 Å². The third-order valence-corrected chi connectivity index (χ3v) is 4.03. The molecule has 2 amide bonds. The molecule has 1 aromatic heterocycles. The monoisotopic (exact) mass is 317 g/mol. The molecule has 0 radical (unpaired) electrons. The standard InChI is InChI=1S/C16H19N3O2S/c1-4-17-15(21)16-19-13(9-22-16)14(20)18-11(3)12-7-5-10(2)6-8-12/h5-9,11H,4H2,1-3H3,(H,17,21)(H,18,20). The lowest BCUT2D eigenvalue weighted by atomic mass is 10.1. The first-order valence-corrected chi connectivity index (χ1v) is 8.00. The molecule has 0 aliphatic carbocycles. The third kappa shape index (κ3) is 3.92. The Morgan fingerprint density at radius 3 is 2.55 bits per heavy atom. The van der Waals surface area contributed by atoms with Gasteiger partial charge in [-0.25, -0.2) is 4.98 Å². The predicted molar refractivity (Wildman–Crippen MR) is 87.2 cm³/mol. The van der Waals surface area contributed by atoms with Gasteiger partial charge in [0.1, 0.15) is 5.69 Å². The molecule has 5 nitrogen and oxygen atoms in total. The lowest BCUT2D eigenvalue weighted by Gasteiger charge is -2.13. The van der Waals surface area contributed by atoms with Gasteiger partial charge in [-0.15, -0.1) is 11.3 Å². The first-order chi connectivity index (χ1) is 10.5. The summed E-state index contributed by atoms with van der Waals surface area (Å²) in [7, 11) is 0. The molecule has 0 saturated carbocycles. The Morgan fingerprint density at radius 2 is 1.91 bits per heavy atom. The van der Waals surface area contributed by atoms with Crippen molar-refractivity contribution in [1.82, 2.24) is 15.6 Å². The lowest BCUT2D eigenvalue weighted by Crippen LogP contribution is -2.27. The third-order valence-electron chi connectivity index (χ3n) is 3.19. The number of carbonyl (C=O) groups excluding carboxylic acids is 2. The number of carbonyl (C=O) groups is 2. The fraction of sp³-hybridized carbons (Fsp3) is 0.312. The summed E-state index contributed by atoms with van der Waals surface area (Å²) >= 11 is 1.17. The number of nitrogens with one attached hydrogen (secondary N) is 2. The molecule has 0 aliphatic rings. The average molecular weight is 317 g/mol. The molecule has 0 saturated heterocycles. The van der Waals surface area contributed by atoms with Crippen LogP contribution in [0.4, 0.5) is 0 Å². The lowest BCUT2D eigenvalue weighted by molar-refractivity contribution is 0.0935. The minimum Gasteiger partial charge on any atom is -0.350 e. The van der Waals surface area contributed by atoms with Crippen LogP contribution in [0.25, 0.3) is 0 Å². The highest BCUT2D eigenvalue weighted by Crippen LogP contribution is 2.15. The maximum Gasteiger partial charge on any atom is 0.280 e. The predicted octanol–water partition coefficient (Wildman–Crippen LogP) is 2.69. The number of aryl methyl sites for hydroxylation is 1. The summed E-state index contributed by atoms with van der Waals surface area (Å²) in [4.78, 5) is 27.9. The summed E-state index contributed by atoms with van der Waals surface area (Å²) in [5.74, 6) is -0.530. The van der Waals surface area contributed by atoms with E-state index in [-0.39, 0.29) is 23.6 Å². The van der Waals surface area contributed by atoms with Crippen molar-refractivity contribution in [3.05, 3.63) is 51.5 Å². The van der Waals surface area contributed by atoms with Crippen molar-refractivity contribution in [3.63, 3.8) is 0 Å². The first kappa shape index (κ1) is 16.2. The summed E-state index contributed by atoms with van der Waals surface area (Å²) < 4.78 is 0. The van der Waals surface area contributed by atoms with Gasteiger partial charge in [-0.2, -0.15) is 0 Å². The van der Waals surface area contributed by atoms with Crippen molar-refractivity contribution in [2.75, 3.05) is 6.54 Å². The number of amides is 2. The van der Waals surface area contributed by atoms with E-state index in [2.05, 4.69) is 15.6 Å². The molecule has 6 heteroatoms. The van der Waals surface area contributed by atoms with Gasteiger partial charge < -0.3 is 10.6 Å². The zero-order chi connectivity index (χ0) is 16.1. The zero-order valence-electron chi connectivity index (χ0n) is 12.8. The Bertz CT molecular complexity index is 664. The Balaban J connectivity index is 2.02. The quantitative estimate of drug-likeness (QED) is 0.890. The smallest absolute Gasteiger partial charge is 0.280 e. The highest BCUT2D eigenvalue weighted by molar-refractivity contribution is 7.11. The molecule has 0 spiro atoms.